The predicted octanol–water partition coefficient (Wildman–Crippen LogP) is -2.78. The number of guanidine groups is 8. The second-order valence-electron chi connectivity index (χ2n) is 34.5. The molecule has 0 aromatic carbocycles. The van der Waals surface area contributed by atoms with Crippen LogP contribution in [0.1, 0.15) is 284 Å². The van der Waals surface area contributed by atoms with Crippen LogP contribution in [-0.4, -0.2) is 246 Å². The first-order chi connectivity index (χ1) is 65.2. The number of rotatable bonds is 85. The van der Waals surface area contributed by atoms with Gasteiger partial charge < -0.3 is 145 Å². The van der Waals surface area contributed by atoms with E-state index in [4.69, 9.17) is 91.7 Å². The van der Waals surface area contributed by atoms with Gasteiger partial charge in [-0.1, -0.05) is 52.9 Å². The summed E-state index contributed by atoms with van der Waals surface area (Å²) in [5, 5.41) is 28.7. The summed E-state index contributed by atoms with van der Waals surface area (Å²) in [4.78, 5) is 221. The average Bonchev–Trinajstić information content (AvgIpc) is 0.892. The van der Waals surface area contributed by atoms with E-state index in [2.05, 4.69) is 93.1 Å². The van der Waals surface area contributed by atoms with Crippen molar-refractivity contribution in [3.05, 3.63) is 0 Å². The van der Waals surface area contributed by atoms with Crippen molar-refractivity contribution in [2.75, 3.05) is 91.6 Å². The third kappa shape index (κ3) is 70.8. The van der Waals surface area contributed by atoms with E-state index >= 15 is 0 Å². The van der Waals surface area contributed by atoms with Crippen LogP contribution in [0.2, 0.25) is 0 Å². The van der Waals surface area contributed by atoms with Gasteiger partial charge in [0, 0.05) is 179 Å². The zero-order valence-electron chi connectivity index (χ0n) is 81.6. The quantitative estimate of drug-likeness (QED) is 0.0166. The molecule has 0 radical (unpaired) electrons. The van der Waals surface area contributed by atoms with E-state index in [1.165, 1.54) is 0 Å². The molecule has 137 heavy (non-hydrogen) atoms. The molecule has 780 valence electrons. The number of nitrogens with zero attached hydrogens (tertiary/aromatic N) is 8. The van der Waals surface area contributed by atoms with E-state index in [1.807, 2.05) is 20.8 Å². The highest BCUT2D eigenvalue weighted by atomic mass is 16.2. The molecule has 0 rings (SSSR count). The van der Waals surface area contributed by atoms with Crippen molar-refractivity contribution in [2.45, 2.75) is 308 Å². The lowest BCUT2D eigenvalue weighted by Gasteiger charge is -2.22. The van der Waals surface area contributed by atoms with Crippen molar-refractivity contribution in [3.8, 4) is 0 Å². The van der Waals surface area contributed by atoms with Crippen LogP contribution in [0.15, 0.2) is 39.9 Å². The van der Waals surface area contributed by atoms with Crippen LogP contribution in [0.25, 0.3) is 0 Å². The van der Waals surface area contributed by atoms with Crippen molar-refractivity contribution < 1.29 is 67.1 Å². The lowest BCUT2D eigenvalue weighted by molar-refractivity contribution is -0.132. The van der Waals surface area contributed by atoms with E-state index in [1.54, 1.807) is 0 Å². The maximum absolute atomic E-state index is 14.3. The second kappa shape index (κ2) is 78.7. The lowest BCUT2D eigenvalue weighted by atomic mass is 9.91. The van der Waals surface area contributed by atoms with Gasteiger partial charge in [0.2, 0.25) is 59.1 Å². The molecule has 0 saturated heterocycles. The monoisotopic (exact) mass is 1940 g/mol. The molecule has 48 heteroatoms. The van der Waals surface area contributed by atoms with Gasteiger partial charge in [-0.25, -0.2) is 0 Å². The summed E-state index contributed by atoms with van der Waals surface area (Å²) in [7, 11) is 0. The Bertz CT molecular complexity index is 3830. The summed E-state index contributed by atoms with van der Waals surface area (Å²) in [5.41, 5.74) is 88.8. The number of nitrogens with one attached hydrogen (secondary N) is 10. The largest absolute Gasteiger partial charge is 0.370 e. The summed E-state index contributed by atoms with van der Waals surface area (Å²) in [6, 6.07) is -3.90. The fourth-order valence-electron chi connectivity index (χ4n) is 14.5. The van der Waals surface area contributed by atoms with Gasteiger partial charge in [0.1, 0.15) is 11.8 Å². The SMILES string of the molecule is CCC(CCCN=C(N)N)C(=O)NCCCCCC(=O)NC(CCCN=C(N)N)C(=O)CC(CCCN=C(N)N)C(=O)NCCCCCC(=O)NC(CCCN=C(N)N)C(=O)CC(CCCN=C(N)N)C(=O)NCCCCCC(=O)NC(CCCN=C(N)N)C(=O)CC(CCCN=C(N)N)C(=O)NCCCCCC(=O)NC(CCCN=C(N)N)C(=O)NCCCCCC(=O)NCCC(=O)C(C)C. The maximum Gasteiger partial charge on any atom is 0.242 e. The molecule has 0 aliphatic rings. The number of hydrogen-bond acceptors (Lipinski definition) is 22. The molecule has 42 N–H and O–H groups in total. The molecule has 0 bridgehead atoms. The number of carbonyl (C=O) groups excluding carboxylic acids is 14. The van der Waals surface area contributed by atoms with Gasteiger partial charge >= 0.3 is 0 Å². The molecular formula is C89H170N34O14. The van der Waals surface area contributed by atoms with Crippen LogP contribution in [0.4, 0.5) is 0 Å². The first kappa shape index (κ1) is 125. The van der Waals surface area contributed by atoms with Gasteiger partial charge in [0.15, 0.2) is 65.0 Å². The number of unbranched alkanes of at least 4 members (excludes halogenated alkanes) is 10. The molecule has 0 aliphatic heterocycles. The standard InChI is InChI=1S/C89H170N34O14/c1-4-60(28-20-47-112-82(90)91)77(133)107-42-15-6-11-37-73(129)120-64(32-24-51-116-86(98)99)69(125)56-61(29-21-48-113-83(92)93)78(134)108-43-16-7-12-38-74(130)121-65(33-25-52-117-87(100)101)70(126)57-62(30-22-49-114-84(94)95)79(135)109-44-17-8-13-39-75(131)122-66(34-26-53-118-88(102)103)71(127)58-63(31-23-50-115-85(96)97)80(136)110-45-18-9-14-40-76(132)123-67(35-27-54-119-89(104)105)81(137)111-46-19-5-10-36-72(128)106-55-41-68(124)59(2)3/h59-67H,4-58H2,1-3H3,(H,106,128)(H,107,133)(H,108,134)(H,109,135)(H,110,136)(H,111,137)(H,120,129)(H,121,130)(H,122,131)(H,123,132)(H4,90,91,112)(H4,92,93,113)(H4,94,95,114)(H4,96,97,115)(H4,98,99,116)(H4,100,101,117)(H4,102,103,118)(H4,104,105,119). The third-order valence-electron chi connectivity index (χ3n) is 22.2. The molecule has 0 aromatic rings. The molecule has 8 unspecified atom stereocenters. The van der Waals surface area contributed by atoms with Crippen molar-refractivity contribution >= 4 is 130 Å². The van der Waals surface area contributed by atoms with Crippen LogP contribution in [-0.2, 0) is 67.1 Å². The number of carbonyl (C=O) groups is 14. The number of amides is 10. The molecule has 0 fully saturated rings. The molecule has 0 saturated carbocycles. The van der Waals surface area contributed by atoms with Crippen LogP contribution in [0, 0.1) is 29.6 Å². The van der Waals surface area contributed by atoms with Crippen molar-refractivity contribution in [1.29, 1.82) is 0 Å². The number of nitrogens with two attached hydrogens (primary N) is 16. The molecule has 0 aromatic heterocycles. The Morgan fingerprint density at radius 3 is 0.664 bits per heavy atom. The Morgan fingerprint density at radius 2 is 0.423 bits per heavy atom. The first-order valence-corrected chi connectivity index (χ1v) is 48.6. The smallest absolute Gasteiger partial charge is 0.242 e. The number of aliphatic imine (C=N–C) groups is 8. The van der Waals surface area contributed by atoms with E-state index in [0.717, 1.165) is 0 Å². The molecule has 48 nitrogen and oxygen atoms in total. The first-order valence-electron chi connectivity index (χ1n) is 48.6. The molecule has 0 heterocycles. The predicted molar refractivity (Wildman–Crippen MR) is 535 cm³/mol. The molecule has 8 atom stereocenters. The normalized spacial score (nSPS) is 12.6. The van der Waals surface area contributed by atoms with Crippen LogP contribution < -0.4 is 145 Å². The minimum absolute atomic E-state index is 0.000126. The number of Topliss-reactive ketones (excluding diaryl/α,β-unsaturated/α-hetero) is 4. The van der Waals surface area contributed by atoms with Gasteiger partial charge in [-0.2, -0.15) is 0 Å². The van der Waals surface area contributed by atoms with E-state index in [-0.39, 0.29) is 282 Å². The topological polar surface area (TPSA) is 874 Å². The highest BCUT2D eigenvalue weighted by Gasteiger charge is 2.32. The fraction of sp³-hybridized carbons (Fsp3) is 0.753. The van der Waals surface area contributed by atoms with Crippen LogP contribution in [0.5, 0.6) is 0 Å². The lowest BCUT2D eigenvalue weighted by Crippen LogP contribution is -2.47. The Labute approximate surface area is 807 Å². The molecule has 0 spiro atoms. The zero-order chi connectivity index (χ0) is 103. The van der Waals surface area contributed by atoms with Crippen molar-refractivity contribution in [1.82, 2.24) is 53.2 Å². The zero-order valence-corrected chi connectivity index (χ0v) is 81.6. The molecular weight excluding hydrogens is 1770 g/mol. The van der Waals surface area contributed by atoms with Crippen LogP contribution >= 0.6 is 0 Å². The number of hydrogen-bond donors (Lipinski definition) is 26. The Balaban J connectivity index is 6.05. The highest BCUT2D eigenvalue weighted by Crippen LogP contribution is 2.22. The van der Waals surface area contributed by atoms with E-state index in [9.17, 15) is 67.1 Å². The van der Waals surface area contributed by atoms with E-state index < -0.39 is 83.0 Å². The van der Waals surface area contributed by atoms with Gasteiger partial charge in [0.05, 0.1) is 18.1 Å². The molecule has 10 amide bonds. The minimum atomic E-state index is -1.04. The van der Waals surface area contributed by atoms with E-state index in [0.29, 0.717) is 174 Å². The maximum atomic E-state index is 14.3. The van der Waals surface area contributed by atoms with Gasteiger partial charge in [-0.15, -0.1) is 0 Å². The summed E-state index contributed by atoms with van der Waals surface area (Å²) >= 11 is 0. The molecule has 0 aliphatic carbocycles. The number of ketones is 4. The van der Waals surface area contributed by atoms with Crippen molar-refractivity contribution in [2.24, 2.45) is 161 Å². The Hall–Kier alpha value is -12.5. The van der Waals surface area contributed by atoms with Gasteiger partial charge in [-0.05, 0) is 173 Å². The van der Waals surface area contributed by atoms with Crippen molar-refractivity contribution in [3.63, 3.8) is 0 Å². The third-order valence-corrected chi connectivity index (χ3v) is 22.2. The Morgan fingerprint density at radius 1 is 0.212 bits per heavy atom. The summed E-state index contributed by atoms with van der Waals surface area (Å²) in [5.74, 6) is -8.45. The minimum Gasteiger partial charge on any atom is -0.370 e. The average molecular weight is 1940 g/mol. The highest BCUT2D eigenvalue weighted by molar-refractivity contribution is 5.95. The Kier molecular flexibility index (Phi) is 71.5. The van der Waals surface area contributed by atoms with Gasteiger partial charge in [0.25, 0.3) is 0 Å². The summed E-state index contributed by atoms with van der Waals surface area (Å²) in [6.07, 6.45) is 13.1. The summed E-state index contributed by atoms with van der Waals surface area (Å²) in [6.45, 7) is 8.83. The van der Waals surface area contributed by atoms with Gasteiger partial charge in [-0.3, -0.25) is 107 Å². The fourth-order valence-corrected chi connectivity index (χ4v) is 14.5. The second-order valence-corrected chi connectivity index (χ2v) is 34.5. The summed E-state index contributed by atoms with van der Waals surface area (Å²) < 4.78 is 0. The van der Waals surface area contributed by atoms with Crippen LogP contribution in [0.3, 0.4) is 0 Å².